The van der Waals surface area contributed by atoms with E-state index < -0.39 is 23.7 Å². The van der Waals surface area contributed by atoms with Crippen LogP contribution in [0.3, 0.4) is 0 Å². The number of carbonyl (C=O) groups is 1. The van der Waals surface area contributed by atoms with Gasteiger partial charge in [0.15, 0.2) is 0 Å². The molecule has 0 bridgehead atoms. The highest BCUT2D eigenvalue weighted by Gasteiger charge is 2.30. The van der Waals surface area contributed by atoms with Crippen molar-refractivity contribution in [3.63, 3.8) is 0 Å². The summed E-state index contributed by atoms with van der Waals surface area (Å²) in [6.07, 6.45) is -0.753. The van der Waals surface area contributed by atoms with E-state index in [0.717, 1.165) is 23.5 Å². The molecule has 4 rings (SSSR count). The van der Waals surface area contributed by atoms with Crippen LogP contribution in [0.15, 0.2) is 85.2 Å². The Morgan fingerprint density at radius 1 is 1.00 bits per heavy atom. The van der Waals surface area contributed by atoms with E-state index in [0.29, 0.717) is 12.1 Å². The van der Waals surface area contributed by atoms with E-state index in [2.05, 4.69) is 15.6 Å². The number of hydrogen-bond donors (Lipinski definition) is 2. The van der Waals surface area contributed by atoms with Crippen molar-refractivity contribution in [3.05, 3.63) is 102 Å². The van der Waals surface area contributed by atoms with Crippen molar-refractivity contribution >= 4 is 17.2 Å². The fourth-order valence-corrected chi connectivity index (χ4v) is 3.27. The van der Waals surface area contributed by atoms with E-state index in [1.807, 2.05) is 41.1 Å². The third-order valence-electron chi connectivity index (χ3n) is 4.75. The van der Waals surface area contributed by atoms with Crippen molar-refractivity contribution in [2.24, 2.45) is 0 Å². The van der Waals surface area contributed by atoms with Crippen molar-refractivity contribution in [3.8, 4) is 0 Å². The Hall–Kier alpha value is -3.65. The third kappa shape index (κ3) is 4.92. The summed E-state index contributed by atoms with van der Waals surface area (Å²) >= 11 is 0. The summed E-state index contributed by atoms with van der Waals surface area (Å²) < 4.78 is 40.8. The van der Waals surface area contributed by atoms with Crippen LogP contribution >= 0.6 is 0 Å². The standard InChI is InChI=1S/C23H19F3N4O/c24-23(25,26)17-9-6-10-18(13-17)29-22(31)21(16-7-2-1-3-8-16)27-14-19-15-30-12-5-4-11-20(30)28-19/h1-13,15,21,27H,14H2,(H,29,31)/t21-/m0/s1. The Balaban J connectivity index is 1.54. The Labute approximate surface area is 176 Å². The minimum Gasteiger partial charge on any atom is -0.324 e. The van der Waals surface area contributed by atoms with Gasteiger partial charge in [0.1, 0.15) is 11.7 Å². The van der Waals surface area contributed by atoms with Crippen LogP contribution in [-0.4, -0.2) is 15.3 Å². The Kier molecular flexibility index (Phi) is 5.73. The number of carbonyl (C=O) groups excluding carboxylic acids is 1. The lowest BCUT2D eigenvalue weighted by Gasteiger charge is -2.19. The lowest BCUT2D eigenvalue weighted by atomic mass is 10.1. The first kappa shape index (κ1) is 20.6. The van der Waals surface area contributed by atoms with E-state index in [1.165, 1.54) is 12.1 Å². The van der Waals surface area contributed by atoms with Gasteiger partial charge in [-0.2, -0.15) is 13.2 Å². The van der Waals surface area contributed by atoms with Gasteiger partial charge in [0.25, 0.3) is 0 Å². The molecule has 0 aliphatic carbocycles. The van der Waals surface area contributed by atoms with Gasteiger partial charge in [-0.25, -0.2) is 4.98 Å². The Morgan fingerprint density at radius 2 is 1.77 bits per heavy atom. The molecule has 0 aliphatic rings. The minimum atomic E-state index is -4.49. The highest BCUT2D eigenvalue weighted by molar-refractivity contribution is 5.95. The molecule has 4 aromatic rings. The largest absolute Gasteiger partial charge is 0.416 e. The molecule has 0 saturated carbocycles. The van der Waals surface area contributed by atoms with Crippen LogP contribution in [0, 0.1) is 0 Å². The molecular weight excluding hydrogens is 405 g/mol. The molecule has 0 aliphatic heterocycles. The van der Waals surface area contributed by atoms with Crippen LogP contribution in [-0.2, 0) is 17.5 Å². The fourth-order valence-electron chi connectivity index (χ4n) is 3.27. The van der Waals surface area contributed by atoms with Crippen LogP contribution < -0.4 is 10.6 Å². The van der Waals surface area contributed by atoms with Crippen molar-refractivity contribution in [2.75, 3.05) is 5.32 Å². The Bertz CT molecular complexity index is 1160. The van der Waals surface area contributed by atoms with Crippen molar-refractivity contribution in [1.29, 1.82) is 0 Å². The van der Waals surface area contributed by atoms with Crippen LogP contribution in [0.2, 0.25) is 0 Å². The molecule has 0 unspecified atom stereocenters. The molecule has 31 heavy (non-hydrogen) atoms. The van der Waals surface area contributed by atoms with E-state index >= 15 is 0 Å². The maximum absolute atomic E-state index is 13.0. The van der Waals surface area contributed by atoms with Crippen LogP contribution in [0.5, 0.6) is 0 Å². The van der Waals surface area contributed by atoms with Crippen molar-refractivity contribution < 1.29 is 18.0 Å². The van der Waals surface area contributed by atoms with Gasteiger partial charge in [-0.15, -0.1) is 0 Å². The van der Waals surface area contributed by atoms with E-state index in [4.69, 9.17) is 0 Å². The van der Waals surface area contributed by atoms with Crippen LogP contribution in [0.25, 0.3) is 5.65 Å². The number of benzene rings is 2. The molecule has 2 heterocycles. The van der Waals surface area contributed by atoms with E-state index in [-0.39, 0.29) is 5.69 Å². The highest BCUT2D eigenvalue weighted by atomic mass is 19.4. The van der Waals surface area contributed by atoms with Gasteiger partial charge in [-0.3, -0.25) is 10.1 Å². The number of nitrogens with one attached hydrogen (secondary N) is 2. The molecular formula is C23H19F3N4O. The first-order valence-corrected chi connectivity index (χ1v) is 9.59. The predicted octanol–water partition coefficient (Wildman–Crippen LogP) is 4.82. The summed E-state index contributed by atoms with van der Waals surface area (Å²) in [5.41, 5.74) is 1.47. The van der Waals surface area contributed by atoms with Gasteiger partial charge in [0, 0.05) is 24.6 Å². The topological polar surface area (TPSA) is 58.4 Å². The predicted molar refractivity (Wildman–Crippen MR) is 111 cm³/mol. The summed E-state index contributed by atoms with van der Waals surface area (Å²) in [6, 6.07) is 18.4. The quantitative estimate of drug-likeness (QED) is 0.467. The average molecular weight is 424 g/mol. The molecule has 2 aromatic carbocycles. The van der Waals surface area contributed by atoms with E-state index in [9.17, 15) is 18.0 Å². The lowest BCUT2D eigenvalue weighted by Crippen LogP contribution is -2.33. The fraction of sp³-hybridized carbons (Fsp3) is 0.130. The third-order valence-corrected chi connectivity index (χ3v) is 4.75. The van der Waals surface area contributed by atoms with Gasteiger partial charge in [-0.1, -0.05) is 42.5 Å². The summed E-state index contributed by atoms with van der Waals surface area (Å²) in [6.45, 7) is 0.303. The van der Waals surface area contributed by atoms with Crippen molar-refractivity contribution in [1.82, 2.24) is 14.7 Å². The normalized spacial score (nSPS) is 12.6. The number of nitrogens with zero attached hydrogens (tertiary/aromatic N) is 2. The molecule has 0 saturated heterocycles. The van der Waals surface area contributed by atoms with Crippen LogP contribution in [0.4, 0.5) is 18.9 Å². The second-order valence-corrected chi connectivity index (χ2v) is 6.99. The molecule has 0 fully saturated rings. The van der Waals surface area contributed by atoms with Gasteiger partial charge >= 0.3 is 6.18 Å². The summed E-state index contributed by atoms with van der Waals surface area (Å²) in [5, 5.41) is 5.76. The van der Waals surface area contributed by atoms with E-state index in [1.54, 1.807) is 24.3 Å². The number of pyridine rings is 1. The van der Waals surface area contributed by atoms with Crippen molar-refractivity contribution in [2.45, 2.75) is 18.8 Å². The number of anilines is 1. The molecule has 0 radical (unpaired) electrons. The number of aromatic nitrogens is 2. The number of halogens is 3. The number of hydrogen-bond acceptors (Lipinski definition) is 3. The summed E-state index contributed by atoms with van der Waals surface area (Å²) in [4.78, 5) is 17.5. The number of imidazole rings is 1. The zero-order valence-corrected chi connectivity index (χ0v) is 16.3. The lowest BCUT2D eigenvalue weighted by molar-refractivity contribution is -0.137. The molecule has 0 spiro atoms. The van der Waals surface area contributed by atoms with Gasteiger partial charge in [0.2, 0.25) is 5.91 Å². The average Bonchev–Trinajstić information content (AvgIpc) is 3.17. The molecule has 158 valence electrons. The molecule has 1 amide bonds. The molecule has 8 heteroatoms. The highest BCUT2D eigenvalue weighted by Crippen LogP contribution is 2.31. The second-order valence-electron chi connectivity index (χ2n) is 6.99. The van der Waals surface area contributed by atoms with Gasteiger partial charge in [-0.05, 0) is 35.9 Å². The Morgan fingerprint density at radius 3 is 2.52 bits per heavy atom. The number of fused-ring (bicyclic) bond motifs is 1. The first-order chi connectivity index (χ1) is 14.9. The van der Waals surface area contributed by atoms with Gasteiger partial charge < -0.3 is 9.72 Å². The smallest absolute Gasteiger partial charge is 0.324 e. The number of rotatable bonds is 6. The molecule has 1 atom stereocenters. The monoisotopic (exact) mass is 424 g/mol. The summed E-state index contributed by atoms with van der Waals surface area (Å²) in [5.74, 6) is -0.464. The SMILES string of the molecule is O=C(Nc1cccc(C(F)(F)F)c1)[C@@H](NCc1cn2ccccc2n1)c1ccccc1. The maximum atomic E-state index is 13.0. The first-order valence-electron chi connectivity index (χ1n) is 9.59. The second kappa shape index (κ2) is 8.61. The van der Waals surface area contributed by atoms with Gasteiger partial charge in [0.05, 0.1) is 11.3 Å². The minimum absolute atomic E-state index is 0.0790. The number of amides is 1. The number of alkyl halides is 3. The molecule has 2 N–H and O–H groups in total. The zero-order chi connectivity index (χ0) is 21.8. The summed E-state index contributed by atoms with van der Waals surface area (Å²) in [7, 11) is 0. The molecule has 5 nitrogen and oxygen atoms in total. The zero-order valence-electron chi connectivity index (χ0n) is 16.3. The van der Waals surface area contributed by atoms with Crippen LogP contribution in [0.1, 0.15) is 22.9 Å². The maximum Gasteiger partial charge on any atom is 0.416 e. The molecule has 2 aromatic heterocycles.